The summed E-state index contributed by atoms with van der Waals surface area (Å²) in [4.78, 5) is 32.4. The molecule has 0 spiro atoms. The van der Waals surface area contributed by atoms with Crippen molar-refractivity contribution in [2.75, 3.05) is 6.54 Å². The van der Waals surface area contributed by atoms with Crippen molar-refractivity contribution in [2.45, 2.75) is 60.1 Å². The van der Waals surface area contributed by atoms with Gasteiger partial charge in [0.05, 0.1) is 29.8 Å². The first-order chi connectivity index (χ1) is 14.7. The molecule has 0 bridgehead atoms. The lowest BCUT2D eigenvalue weighted by atomic mass is 9.91. The van der Waals surface area contributed by atoms with Gasteiger partial charge in [-0.05, 0) is 50.1 Å². The number of amidine groups is 1. The van der Waals surface area contributed by atoms with E-state index in [0.717, 1.165) is 22.0 Å². The largest absolute Gasteiger partial charge is 0.459 e. The fourth-order valence-corrected chi connectivity index (χ4v) is 4.61. The summed E-state index contributed by atoms with van der Waals surface area (Å²) in [7, 11) is 0. The molecule has 6 nitrogen and oxygen atoms in total. The standard InChI is InChI=1S/C24H31N3O3S/c1-14(2)12-25-20(28)11-18-13-31-24-26-17(6)21(23(29)30-15(3)4)22(27(18)24)19-10-8-7-9-16(19)5/h7-10,13-15,22H,11-12H2,1-6H3,(H,25,28)/t22-/m1/s1. The molecule has 0 aliphatic carbocycles. The Balaban J connectivity index is 2.00. The first-order valence-corrected chi connectivity index (χ1v) is 11.5. The summed E-state index contributed by atoms with van der Waals surface area (Å²) in [6.45, 7) is 12.3. The number of carbonyl (C=O) groups excluding carboxylic acids is 2. The van der Waals surface area contributed by atoms with Crippen LogP contribution in [0.25, 0.3) is 0 Å². The number of allylic oxidation sites excluding steroid dienone is 1. The van der Waals surface area contributed by atoms with Crippen LogP contribution in [0.4, 0.5) is 0 Å². The quantitative estimate of drug-likeness (QED) is 0.622. The third-order valence-electron chi connectivity index (χ3n) is 5.10. The number of fused-ring (bicyclic) bond motifs is 1. The zero-order valence-electron chi connectivity index (χ0n) is 19.1. The van der Waals surface area contributed by atoms with Crippen molar-refractivity contribution in [3.8, 4) is 0 Å². The highest BCUT2D eigenvalue weighted by atomic mass is 32.2. The smallest absolute Gasteiger partial charge is 0.338 e. The summed E-state index contributed by atoms with van der Waals surface area (Å²) < 4.78 is 5.58. The van der Waals surface area contributed by atoms with Gasteiger partial charge in [0.15, 0.2) is 5.17 Å². The molecular weight excluding hydrogens is 410 g/mol. The molecular formula is C24H31N3O3S. The average molecular weight is 442 g/mol. The lowest BCUT2D eigenvalue weighted by molar-refractivity contribution is -0.143. The minimum Gasteiger partial charge on any atom is -0.459 e. The monoisotopic (exact) mass is 441 g/mol. The topological polar surface area (TPSA) is 71.0 Å². The number of amides is 1. The Hall–Kier alpha value is -2.54. The fourth-order valence-electron chi connectivity index (χ4n) is 3.64. The van der Waals surface area contributed by atoms with Gasteiger partial charge >= 0.3 is 5.97 Å². The lowest BCUT2D eigenvalue weighted by Gasteiger charge is -2.37. The maximum absolute atomic E-state index is 13.1. The molecule has 0 aromatic heterocycles. The molecule has 0 saturated heterocycles. The van der Waals surface area contributed by atoms with Gasteiger partial charge in [0.2, 0.25) is 5.91 Å². The molecule has 31 heavy (non-hydrogen) atoms. The van der Waals surface area contributed by atoms with E-state index in [4.69, 9.17) is 9.73 Å². The Bertz CT molecular complexity index is 963. The van der Waals surface area contributed by atoms with E-state index >= 15 is 0 Å². The molecule has 0 radical (unpaired) electrons. The van der Waals surface area contributed by atoms with Gasteiger partial charge in [-0.1, -0.05) is 49.9 Å². The van der Waals surface area contributed by atoms with Crippen LogP contribution in [0.2, 0.25) is 0 Å². The molecule has 1 amide bonds. The molecule has 1 atom stereocenters. The van der Waals surface area contributed by atoms with E-state index in [1.807, 2.05) is 62.3 Å². The molecule has 0 fully saturated rings. The number of aliphatic imine (C=N–C) groups is 1. The third kappa shape index (κ3) is 5.21. The van der Waals surface area contributed by atoms with Crippen molar-refractivity contribution in [3.05, 3.63) is 57.8 Å². The van der Waals surface area contributed by atoms with Gasteiger partial charge in [-0.2, -0.15) is 0 Å². The number of esters is 1. The van der Waals surface area contributed by atoms with Crippen molar-refractivity contribution in [3.63, 3.8) is 0 Å². The van der Waals surface area contributed by atoms with Crippen LogP contribution in [0.3, 0.4) is 0 Å². The van der Waals surface area contributed by atoms with Crippen LogP contribution in [-0.2, 0) is 14.3 Å². The Kier molecular flexibility index (Phi) is 7.26. The molecule has 1 aromatic rings. The van der Waals surface area contributed by atoms with Gasteiger partial charge in [-0.15, -0.1) is 0 Å². The predicted octanol–water partition coefficient (Wildman–Crippen LogP) is 4.68. The SMILES string of the molecule is CC1=C(C(=O)OC(C)C)[C@@H](c2ccccc2C)N2C(CC(=O)NCC(C)C)=CSC2=N1. The highest BCUT2D eigenvalue weighted by molar-refractivity contribution is 8.16. The molecule has 7 heteroatoms. The number of hydrogen-bond donors (Lipinski definition) is 1. The predicted molar refractivity (Wildman–Crippen MR) is 125 cm³/mol. The first kappa shape index (κ1) is 23.1. The molecule has 0 unspecified atom stereocenters. The van der Waals surface area contributed by atoms with Gasteiger partial charge < -0.3 is 15.0 Å². The van der Waals surface area contributed by atoms with Crippen LogP contribution in [-0.4, -0.2) is 34.6 Å². The number of nitrogens with zero attached hydrogens (tertiary/aromatic N) is 2. The highest BCUT2D eigenvalue weighted by Crippen LogP contribution is 2.45. The Morgan fingerprint density at radius 1 is 1.19 bits per heavy atom. The molecule has 2 aliphatic rings. The second-order valence-corrected chi connectivity index (χ2v) is 9.41. The number of benzene rings is 1. The van der Waals surface area contributed by atoms with Crippen LogP contribution in [0.15, 0.2) is 51.6 Å². The second-order valence-electron chi connectivity index (χ2n) is 8.58. The van der Waals surface area contributed by atoms with E-state index in [1.165, 1.54) is 11.8 Å². The summed E-state index contributed by atoms with van der Waals surface area (Å²) in [6.07, 6.45) is -0.00683. The van der Waals surface area contributed by atoms with Gasteiger partial charge in [0, 0.05) is 12.2 Å². The number of carbonyl (C=O) groups is 2. The van der Waals surface area contributed by atoms with E-state index < -0.39 is 0 Å². The Morgan fingerprint density at radius 3 is 2.55 bits per heavy atom. The summed E-state index contributed by atoms with van der Waals surface area (Å²) in [5, 5.41) is 5.72. The van der Waals surface area contributed by atoms with Crippen molar-refractivity contribution in [1.29, 1.82) is 0 Å². The normalized spacial score (nSPS) is 18.2. The minimum atomic E-state index is -0.390. The van der Waals surface area contributed by atoms with E-state index in [1.54, 1.807) is 0 Å². The molecule has 2 aliphatic heterocycles. The molecule has 166 valence electrons. The number of thioether (sulfide) groups is 1. The summed E-state index contributed by atoms with van der Waals surface area (Å²) in [6, 6.07) is 7.62. The number of ether oxygens (including phenoxy) is 1. The zero-order chi connectivity index (χ0) is 22.7. The van der Waals surface area contributed by atoms with Crippen LogP contribution in [0.1, 0.15) is 58.2 Å². The number of rotatable bonds is 7. The van der Waals surface area contributed by atoms with Crippen molar-refractivity contribution < 1.29 is 14.3 Å². The van der Waals surface area contributed by atoms with Crippen LogP contribution in [0.5, 0.6) is 0 Å². The Labute approximate surface area is 188 Å². The number of hydrogen-bond acceptors (Lipinski definition) is 6. The third-order valence-corrected chi connectivity index (χ3v) is 5.98. The van der Waals surface area contributed by atoms with Gasteiger partial charge in [0.25, 0.3) is 0 Å². The second kappa shape index (κ2) is 9.73. The van der Waals surface area contributed by atoms with E-state index in [0.29, 0.717) is 23.7 Å². The first-order valence-electron chi connectivity index (χ1n) is 10.7. The van der Waals surface area contributed by atoms with Crippen molar-refractivity contribution in [1.82, 2.24) is 10.2 Å². The molecule has 1 aromatic carbocycles. The highest BCUT2D eigenvalue weighted by Gasteiger charge is 2.41. The Morgan fingerprint density at radius 2 is 1.90 bits per heavy atom. The fraction of sp³-hybridized carbons (Fsp3) is 0.458. The maximum atomic E-state index is 13.1. The summed E-state index contributed by atoms with van der Waals surface area (Å²) in [5.74, 6) is -0.0299. The number of aryl methyl sites for hydroxylation is 1. The molecule has 2 heterocycles. The summed E-state index contributed by atoms with van der Waals surface area (Å²) >= 11 is 1.48. The molecule has 0 saturated carbocycles. The van der Waals surface area contributed by atoms with Crippen LogP contribution in [0, 0.1) is 12.8 Å². The van der Waals surface area contributed by atoms with Gasteiger partial charge in [-0.25, -0.2) is 9.79 Å². The minimum absolute atomic E-state index is 0.0390. The summed E-state index contributed by atoms with van der Waals surface area (Å²) in [5.41, 5.74) is 4.07. The lowest BCUT2D eigenvalue weighted by Crippen LogP contribution is -2.39. The van der Waals surface area contributed by atoms with Gasteiger partial charge in [0.1, 0.15) is 0 Å². The van der Waals surface area contributed by atoms with E-state index in [9.17, 15) is 9.59 Å². The van der Waals surface area contributed by atoms with E-state index in [2.05, 4.69) is 19.2 Å². The number of nitrogens with one attached hydrogen (secondary N) is 1. The molecule has 1 N–H and O–H groups in total. The van der Waals surface area contributed by atoms with Gasteiger partial charge in [-0.3, -0.25) is 4.79 Å². The van der Waals surface area contributed by atoms with Crippen molar-refractivity contribution >= 4 is 28.8 Å². The average Bonchev–Trinajstić information content (AvgIpc) is 3.07. The van der Waals surface area contributed by atoms with Crippen LogP contribution >= 0.6 is 11.8 Å². The van der Waals surface area contributed by atoms with E-state index in [-0.39, 0.29) is 30.4 Å². The maximum Gasteiger partial charge on any atom is 0.338 e. The van der Waals surface area contributed by atoms with Crippen LogP contribution < -0.4 is 5.32 Å². The van der Waals surface area contributed by atoms with Crippen molar-refractivity contribution in [2.24, 2.45) is 10.9 Å². The molecule has 3 rings (SSSR count). The zero-order valence-corrected chi connectivity index (χ0v) is 19.9.